The van der Waals surface area contributed by atoms with Crippen molar-refractivity contribution >= 4 is 0 Å². The fraction of sp³-hybridized carbons (Fsp3) is 0.455. The van der Waals surface area contributed by atoms with Crippen molar-refractivity contribution in [2.75, 3.05) is 13.2 Å². The van der Waals surface area contributed by atoms with Gasteiger partial charge in [0.05, 0.1) is 6.61 Å². The zero-order valence-corrected chi connectivity index (χ0v) is 8.25. The van der Waals surface area contributed by atoms with E-state index >= 15 is 0 Å². The normalized spacial score (nSPS) is 15.4. The summed E-state index contributed by atoms with van der Waals surface area (Å²) in [6.07, 6.45) is 0. The molecule has 0 saturated carbocycles. The van der Waals surface area contributed by atoms with Crippen LogP contribution in [0.3, 0.4) is 0 Å². The molecule has 1 aromatic carbocycles. The van der Waals surface area contributed by atoms with Crippen molar-refractivity contribution in [1.82, 2.24) is 0 Å². The lowest BCUT2D eigenvalue weighted by Gasteiger charge is -2.26. The topological polar surface area (TPSA) is 46.2 Å². The van der Waals surface area contributed by atoms with Gasteiger partial charge >= 0.3 is 0 Å². The van der Waals surface area contributed by atoms with E-state index < -0.39 is 0 Å². The first-order chi connectivity index (χ1) is 6.12. The summed E-state index contributed by atoms with van der Waals surface area (Å²) in [7, 11) is 0. The highest BCUT2D eigenvalue weighted by atomic mass is 16.3. The Hall–Kier alpha value is -0.860. The minimum absolute atomic E-state index is 0.0902. The van der Waals surface area contributed by atoms with E-state index in [4.69, 9.17) is 5.73 Å². The Kier molecular flexibility index (Phi) is 3.07. The van der Waals surface area contributed by atoms with Crippen molar-refractivity contribution in [1.29, 1.82) is 0 Å². The van der Waals surface area contributed by atoms with Crippen LogP contribution in [-0.4, -0.2) is 18.3 Å². The van der Waals surface area contributed by atoms with E-state index in [1.54, 1.807) is 0 Å². The second kappa shape index (κ2) is 3.90. The minimum Gasteiger partial charge on any atom is -0.395 e. The Bertz CT molecular complexity index is 279. The molecule has 72 valence electrons. The van der Waals surface area contributed by atoms with Crippen LogP contribution in [0.25, 0.3) is 0 Å². The van der Waals surface area contributed by atoms with Gasteiger partial charge in [-0.2, -0.15) is 0 Å². The number of nitrogens with two attached hydrogens (primary N) is 1. The molecule has 1 atom stereocenters. The summed E-state index contributed by atoms with van der Waals surface area (Å²) in [4.78, 5) is 0. The third kappa shape index (κ3) is 2.08. The highest BCUT2D eigenvalue weighted by molar-refractivity contribution is 5.29. The predicted octanol–water partition coefficient (Wildman–Crippen LogP) is 1.20. The fourth-order valence-electron chi connectivity index (χ4n) is 1.29. The van der Waals surface area contributed by atoms with Crippen molar-refractivity contribution in [2.45, 2.75) is 19.3 Å². The zero-order chi connectivity index (χ0) is 9.90. The molecule has 0 radical (unpaired) electrons. The van der Waals surface area contributed by atoms with Gasteiger partial charge in [-0.1, -0.05) is 36.8 Å². The summed E-state index contributed by atoms with van der Waals surface area (Å²) < 4.78 is 0. The Balaban J connectivity index is 3.05. The fourth-order valence-corrected chi connectivity index (χ4v) is 1.29. The number of hydrogen-bond acceptors (Lipinski definition) is 2. The van der Waals surface area contributed by atoms with E-state index in [2.05, 4.69) is 6.07 Å². The third-order valence-corrected chi connectivity index (χ3v) is 2.51. The van der Waals surface area contributed by atoms with Gasteiger partial charge in [0.1, 0.15) is 0 Å². The number of aliphatic hydroxyl groups is 1. The van der Waals surface area contributed by atoms with Crippen LogP contribution in [0.5, 0.6) is 0 Å². The Morgan fingerprint density at radius 3 is 2.62 bits per heavy atom. The van der Waals surface area contributed by atoms with E-state index in [1.165, 1.54) is 5.56 Å². The van der Waals surface area contributed by atoms with Crippen LogP contribution < -0.4 is 5.73 Å². The van der Waals surface area contributed by atoms with Gasteiger partial charge in [0.25, 0.3) is 0 Å². The summed E-state index contributed by atoms with van der Waals surface area (Å²) in [5.74, 6) is 0. The van der Waals surface area contributed by atoms with Gasteiger partial charge in [0.15, 0.2) is 0 Å². The third-order valence-electron chi connectivity index (χ3n) is 2.51. The molecular formula is C11H17NO. The van der Waals surface area contributed by atoms with Gasteiger partial charge < -0.3 is 10.8 Å². The number of aryl methyl sites for hydroxylation is 1. The molecular weight excluding hydrogens is 162 g/mol. The molecule has 0 bridgehead atoms. The number of hydrogen-bond donors (Lipinski definition) is 2. The van der Waals surface area contributed by atoms with Crippen LogP contribution in [-0.2, 0) is 5.41 Å². The van der Waals surface area contributed by atoms with Crippen LogP contribution in [0, 0.1) is 6.92 Å². The lowest BCUT2D eigenvalue weighted by Crippen LogP contribution is -2.35. The number of benzene rings is 1. The van der Waals surface area contributed by atoms with E-state index in [0.717, 1.165) is 5.56 Å². The van der Waals surface area contributed by atoms with Crippen molar-refractivity contribution in [3.8, 4) is 0 Å². The first-order valence-electron chi connectivity index (χ1n) is 4.50. The average molecular weight is 179 g/mol. The molecule has 13 heavy (non-hydrogen) atoms. The second-order valence-corrected chi connectivity index (χ2v) is 3.79. The van der Waals surface area contributed by atoms with Gasteiger partial charge in [0, 0.05) is 12.0 Å². The summed E-state index contributed by atoms with van der Waals surface area (Å²) in [5.41, 5.74) is 7.65. The number of aliphatic hydroxyl groups excluding tert-OH is 1. The Morgan fingerprint density at radius 1 is 1.46 bits per heavy atom. The van der Waals surface area contributed by atoms with Crippen LogP contribution in [0.1, 0.15) is 18.1 Å². The summed E-state index contributed by atoms with van der Waals surface area (Å²) in [6.45, 7) is 4.57. The molecule has 2 nitrogen and oxygen atoms in total. The molecule has 0 aliphatic carbocycles. The smallest absolute Gasteiger partial charge is 0.0537 e. The Labute approximate surface area is 79.4 Å². The van der Waals surface area contributed by atoms with Crippen LogP contribution in [0.4, 0.5) is 0 Å². The maximum atomic E-state index is 9.25. The molecule has 0 fully saturated rings. The van der Waals surface area contributed by atoms with Crippen LogP contribution in [0.2, 0.25) is 0 Å². The minimum atomic E-state index is -0.300. The lowest BCUT2D eigenvalue weighted by atomic mass is 9.83. The van der Waals surface area contributed by atoms with E-state index in [-0.39, 0.29) is 12.0 Å². The molecule has 3 N–H and O–H groups in total. The number of rotatable bonds is 3. The molecule has 2 heteroatoms. The predicted molar refractivity (Wildman–Crippen MR) is 54.7 cm³/mol. The summed E-state index contributed by atoms with van der Waals surface area (Å²) in [6, 6.07) is 8.12. The van der Waals surface area contributed by atoms with E-state index in [0.29, 0.717) is 6.54 Å². The molecule has 1 unspecified atom stereocenters. The maximum Gasteiger partial charge on any atom is 0.0537 e. The SMILES string of the molecule is Cc1cccc(C(C)(CN)CO)c1. The maximum absolute atomic E-state index is 9.25. The lowest BCUT2D eigenvalue weighted by molar-refractivity contribution is 0.210. The molecule has 0 amide bonds. The molecule has 0 aliphatic heterocycles. The van der Waals surface area contributed by atoms with Crippen molar-refractivity contribution in [2.24, 2.45) is 5.73 Å². The van der Waals surface area contributed by atoms with Crippen molar-refractivity contribution in [3.63, 3.8) is 0 Å². The molecule has 0 saturated heterocycles. The second-order valence-electron chi connectivity index (χ2n) is 3.79. The first-order valence-corrected chi connectivity index (χ1v) is 4.50. The monoisotopic (exact) mass is 179 g/mol. The summed E-state index contributed by atoms with van der Waals surface area (Å²) in [5, 5.41) is 9.25. The standard InChI is InChI=1S/C11H17NO/c1-9-4-3-5-10(6-9)11(2,7-12)8-13/h3-6,13H,7-8,12H2,1-2H3. The van der Waals surface area contributed by atoms with Crippen molar-refractivity contribution < 1.29 is 5.11 Å². The van der Waals surface area contributed by atoms with Gasteiger partial charge in [-0.3, -0.25) is 0 Å². The first kappa shape index (κ1) is 10.2. The van der Waals surface area contributed by atoms with Crippen LogP contribution in [0.15, 0.2) is 24.3 Å². The van der Waals surface area contributed by atoms with Gasteiger partial charge in [0.2, 0.25) is 0 Å². The molecule has 0 heterocycles. The Morgan fingerprint density at radius 2 is 2.15 bits per heavy atom. The molecule has 0 spiro atoms. The highest BCUT2D eigenvalue weighted by Crippen LogP contribution is 2.22. The van der Waals surface area contributed by atoms with E-state index in [1.807, 2.05) is 32.0 Å². The summed E-state index contributed by atoms with van der Waals surface area (Å²) >= 11 is 0. The van der Waals surface area contributed by atoms with Crippen LogP contribution >= 0.6 is 0 Å². The van der Waals surface area contributed by atoms with E-state index in [9.17, 15) is 5.11 Å². The van der Waals surface area contributed by atoms with Gasteiger partial charge in [-0.05, 0) is 12.5 Å². The molecule has 0 aromatic heterocycles. The molecule has 1 aromatic rings. The largest absolute Gasteiger partial charge is 0.395 e. The molecule has 0 aliphatic rings. The molecule has 1 rings (SSSR count). The van der Waals surface area contributed by atoms with Crippen molar-refractivity contribution in [3.05, 3.63) is 35.4 Å². The highest BCUT2D eigenvalue weighted by Gasteiger charge is 2.23. The quantitative estimate of drug-likeness (QED) is 0.732. The average Bonchev–Trinajstić information content (AvgIpc) is 2.17. The van der Waals surface area contributed by atoms with Gasteiger partial charge in [-0.15, -0.1) is 0 Å². The van der Waals surface area contributed by atoms with Gasteiger partial charge in [-0.25, -0.2) is 0 Å². The zero-order valence-electron chi connectivity index (χ0n) is 8.25.